The van der Waals surface area contributed by atoms with Crippen LogP contribution in [-0.2, 0) is 16.6 Å². The molecular formula is C15H25N3O2S. The van der Waals surface area contributed by atoms with Gasteiger partial charge in [0.05, 0.1) is 6.26 Å². The van der Waals surface area contributed by atoms with Crippen molar-refractivity contribution in [3.63, 3.8) is 0 Å². The van der Waals surface area contributed by atoms with Crippen molar-refractivity contribution in [2.24, 2.45) is 11.8 Å². The van der Waals surface area contributed by atoms with E-state index in [2.05, 4.69) is 16.0 Å². The normalized spacial score (nSPS) is 26.4. The van der Waals surface area contributed by atoms with Crippen LogP contribution in [0.25, 0.3) is 0 Å². The Kier molecular flexibility index (Phi) is 4.38. The van der Waals surface area contributed by atoms with Gasteiger partial charge in [0.1, 0.15) is 0 Å². The summed E-state index contributed by atoms with van der Waals surface area (Å²) in [4.78, 5) is 5.78. The molecule has 2 fully saturated rings. The maximum Gasteiger partial charge on any atom is 0.211 e. The van der Waals surface area contributed by atoms with Crippen LogP contribution in [0, 0.1) is 11.8 Å². The Hall–Kier alpha value is -0.850. The Bertz CT molecular complexity index is 547. The van der Waals surface area contributed by atoms with Gasteiger partial charge in [0.15, 0.2) is 0 Å². The van der Waals surface area contributed by atoms with Gasteiger partial charge in [0.25, 0.3) is 0 Å². The molecule has 6 heteroatoms. The molecule has 2 aliphatic heterocycles. The van der Waals surface area contributed by atoms with E-state index in [0.29, 0.717) is 19.0 Å². The Labute approximate surface area is 127 Å². The topological polar surface area (TPSA) is 56.4 Å². The molecule has 0 spiro atoms. The van der Waals surface area contributed by atoms with E-state index in [0.717, 1.165) is 38.4 Å². The van der Waals surface area contributed by atoms with Crippen LogP contribution < -0.4 is 0 Å². The van der Waals surface area contributed by atoms with E-state index in [9.17, 15) is 8.42 Å². The SMILES string of the molecule is CS(=O)(=O)N1CCC(C2CCN(Cc3ccc[nH]3)C2)CC1. The summed E-state index contributed by atoms with van der Waals surface area (Å²) in [5, 5.41) is 0. The standard InChI is InChI=1S/C15H25N3O2S/c1-21(19,20)18-9-5-13(6-10-18)14-4-8-17(11-14)12-15-3-2-7-16-15/h2-3,7,13-14,16H,4-6,8-12H2,1H3. The van der Waals surface area contributed by atoms with Crippen LogP contribution in [0.4, 0.5) is 0 Å². The van der Waals surface area contributed by atoms with Gasteiger partial charge in [-0.05, 0) is 49.8 Å². The molecule has 2 saturated heterocycles. The number of piperidine rings is 1. The van der Waals surface area contributed by atoms with Crippen molar-refractivity contribution in [2.75, 3.05) is 32.4 Å². The van der Waals surface area contributed by atoms with Crippen molar-refractivity contribution in [3.05, 3.63) is 24.0 Å². The predicted molar refractivity (Wildman–Crippen MR) is 83.3 cm³/mol. The monoisotopic (exact) mass is 311 g/mol. The third-order valence-electron chi connectivity index (χ3n) is 5.00. The van der Waals surface area contributed by atoms with Crippen LogP contribution >= 0.6 is 0 Å². The average Bonchev–Trinajstić information content (AvgIpc) is 3.10. The van der Waals surface area contributed by atoms with Gasteiger partial charge < -0.3 is 4.98 Å². The van der Waals surface area contributed by atoms with E-state index in [1.807, 2.05) is 12.3 Å². The highest BCUT2D eigenvalue weighted by atomic mass is 32.2. The summed E-state index contributed by atoms with van der Waals surface area (Å²) < 4.78 is 24.8. The molecule has 0 amide bonds. The van der Waals surface area contributed by atoms with Crippen molar-refractivity contribution in [1.29, 1.82) is 0 Å². The molecule has 0 aliphatic carbocycles. The molecule has 21 heavy (non-hydrogen) atoms. The maximum atomic E-state index is 11.6. The second kappa shape index (κ2) is 6.10. The Balaban J connectivity index is 1.49. The van der Waals surface area contributed by atoms with E-state index >= 15 is 0 Å². The molecule has 2 aliphatic rings. The largest absolute Gasteiger partial charge is 0.364 e. The molecule has 1 N–H and O–H groups in total. The lowest BCUT2D eigenvalue weighted by atomic mass is 9.84. The third kappa shape index (κ3) is 3.67. The smallest absolute Gasteiger partial charge is 0.211 e. The fourth-order valence-electron chi connectivity index (χ4n) is 3.78. The number of nitrogens with zero attached hydrogens (tertiary/aromatic N) is 2. The van der Waals surface area contributed by atoms with Gasteiger partial charge in [-0.2, -0.15) is 0 Å². The molecule has 3 heterocycles. The zero-order valence-electron chi connectivity index (χ0n) is 12.7. The number of aromatic amines is 1. The second-order valence-electron chi connectivity index (χ2n) is 6.48. The first-order valence-corrected chi connectivity index (χ1v) is 9.67. The Morgan fingerprint density at radius 1 is 1.19 bits per heavy atom. The summed E-state index contributed by atoms with van der Waals surface area (Å²) >= 11 is 0. The zero-order valence-corrected chi connectivity index (χ0v) is 13.5. The molecule has 1 aromatic heterocycles. The minimum Gasteiger partial charge on any atom is -0.364 e. The lowest BCUT2D eigenvalue weighted by molar-refractivity contribution is 0.202. The van der Waals surface area contributed by atoms with Gasteiger partial charge in [-0.3, -0.25) is 4.90 Å². The molecule has 0 bridgehead atoms. The quantitative estimate of drug-likeness (QED) is 0.917. The van der Waals surface area contributed by atoms with E-state index in [1.165, 1.54) is 18.4 Å². The lowest BCUT2D eigenvalue weighted by Gasteiger charge is -2.33. The Morgan fingerprint density at radius 2 is 1.90 bits per heavy atom. The van der Waals surface area contributed by atoms with E-state index < -0.39 is 10.0 Å². The number of rotatable bonds is 4. The summed E-state index contributed by atoms with van der Waals surface area (Å²) in [6, 6.07) is 4.18. The molecule has 5 nitrogen and oxygen atoms in total. The number of hydrogen-bond donors (Lipinski definition) is 1. The summed E-state index contributed by atoms with van der Waals surface area (Å²) in [6.07, 6.45) is 6.59. The van der Waals surface area contributed by atoms with Crippen molar-refractivity contribution in [3.8, 4) is 0 Å². The highest BCUT2D eigenvalue weighted by molar-refractivity contribution is 7.88. The van der Waals surface area contributed by atoms with Crippen molar-refractivity contribution in [2.45, 2.75) is 25.8 Å². The van der Waals surface area contributed by atoms with Crippen molar-refractivity contribution in [1.82, 2.24) is 14.2 Å². The molecule has 118 valence electrons. The number of nitrogens with one attached hydrogen (secondary N) is 1. The molecule has 0 aromatic carbocycles. The lowest BCUT2D eigenvalue weighted by Crippen LogP contribution is -2.39. The van der Waals surface area contributed by atoms with Crippen LogP contribution in [0.3, 0.4) is 0 Å². The van der Waals surface area contributed by atoms with Crippen LogP contribution in [0.1, 0.15) is 25.0 Å². The predicted octanol–water partition coefficient (Wildman–Crippen LogP) is 1.51. The number of likely N-dealkylation sites (tertiary alicyclic amines) is 1. The molecule has 0 radical (unpaired) electrons. The van der Waals surface area contributed by atoms with E-state index in [4.69, 9.17) is 0 Å². The average molecular weight is 311 g/mol. The minimum absolute atomic E-state index is 0.691. The number of hydrogen-bond acceptors (Lipinski definition) is 3. The Morgan fingerprint density at radius 3 is 2.52 bits per heavy atom. The molecule has 1 atom stereocenters. The van der Waals surface area contributed by atoms with Gasteiger partial charge in [0.2, 0.25) is 10.0 Å². The number of aromatic nitrogens is 1. The van der Waals surface area contributed by atoms with Crippen LogP contribution in [0.15, 0.2) is 18.3 Å². The summed E-state index contributed by atoms with van der Waals surface area (Å²) in [7, 11) is -3.00. The number of sulfonamides is 1. The highest BCUT2D eigenvalue weighted by Gasteiger charge is 2.33. The second-order valence-corrected chi connectivity index (χ2v) is 8.46. The van der Waals surface area contributed by atoms with Crippen molar-refractivity contribution < 1.29 is 8.42 Å². The van der Waals surface area contributed by atoms with Crippen LogP contribution in [0.5, 0.6) is 0 Å². The van der Waals surface area contributed by atoms with Crippen molar-refractivity contribution >= 4 is 10.0 Å². The van der Waals surface area contributed by atoms with Gasteiger partial charge in [-0.1, -0.05) is 0 Å². The van der Waals surface area contributed by atoms with Gasteiger partial charge in [-0.25, -0.2) is 12.7 Å². The minimum atomic E-state index is -3.00. The molecule has 1 aromatic rings. The fraction of sp³-hybridized carbons (Fsp3) is 0.733. The van der Waals surface area contributed by atoms with E-state index in [-0.39, 0.29) is 0 Å². The molecule has 3 rings (SSSR count). The first-order chi connectivity index (χ1) is 10.0. The number of H-pyrrole nitrogens is 1. The molecule has 1 unspecified atom stereocenters. The summed E-state index contributed by atoms with van der Waals surface area (Å²) in [6.45, 7) is 4.73. The third-order valence-corrected chi connectivity index (χ3v) is 6.30. The molecular weight excluding hydrogens is 286 g/mol. The first-order valence-electron chi connectivity index (χ1n) is 7.82. The first kappa shape index (κ1) is 15.1. The van der Waals surface area contributed by atoms with Crippen LogP contribution in [0.2, 0.25) is 0 Å². The van der Waals surface area contributed by atoms with Gasteiger partial charge in [-0.15, -0.1) is 0 Å². The highest BCUT2D eigenvalue weighted by Crippen LogP contribution is 2.32. The van der Waals surface area contributed by atoms with E-state index in [1.54, 1.807) is 4.31 Å². The zero-order chi connectivity index (χ0) is 14.9. The summed E-state index contributed by atoms with van der Waals surface area (Å²) in [5.41, 5.74) is 1.28. The van der Waals surface area contributed by atoms with Gasteiger partial charge in [0, 0.05) is 38.1 Å². The fourth-order valence-corrected chi connectivity index (χ4v) is 4.65. The maximum absolute atomic E-state index is 11.6. The van der Waals surface area contributed by atoms with Crippen LogP contribution in [-0.4, -0.2) is 55.0 Å². The van der Waals surface area contributed by atoms with Gasteiger partial charge >= 0.3 is 0 Å². The summed E-state index contributed by atoms with van der Waals surface area (Å²) in [5.74, 6) is 1.43. The molecule has 0 saturated carbocycles.